The van der Waals surface area contributed by atoms with Gasteiger partial charge in [0.2, 0.25) is 0 Å². The number of rotatable bonds is 3. The molecule has 16 heavy (non-hydrogen) atoms. The average molecular weight is 221 g/mol. The van der Waals surface area contributed by atoms with Gasteiger partial charge in [-0.3, -0.25) is 0 Å². The molecule has 0 N–H and O–H groups in total. The summed E-state index contributed by atoms with van der Waals surface area (Å²) in [6.45, 7) is 0. The minimum absolute atomic E-state index is 0.168. The highest BCUT2D eigenvalue weighted by Gasteiger charge is 2.18. The SMILES string of the molecule is COC(=O)c1cc(C#N)cc(OC)c1OC. The molecule has 0 amide bonds. The molecule has 0 atom stereocenters. The number of hydrogen-bond acceptors (Lipinski definition) is 5. The van der Waals surface area contributed by atoms with E-state index in [1.54, 1.807) is 0 Å². The van der Waals surface area contributed by atoms with Gasteiger partial charge in [-0.1, -0.05) is 0 Å². The van der Waals surface area contributed by atoms with Gasteiger partial charge >= 0.3 is 5.97 Å². The molecule has 0 saturated heterocycles. The first-order valence-electron chi connectivity index (χ1n) is 4.42. The van der Waals surface area contributed by atoms with Crippen LogP contribution in [0.4, 0.5) is 0 Å². The summed E-state index contributed by atoms with van der Waals surface area (Å²) in [6, 6.07) is 4.82. The van der Waals surface area contributed by atoms with Crippen molar-refractivity contribution < 1.29 is 19.0 Å². The average Bonchev–Trinajstić information content (AvgIpc) is 2.35. The van der Waals surface area contributed by atoms with Crippen LogP contribution in [0, 0.1) is 11.3 Å². The summed E-state index contributed by atoms with van der Waals surface area (Å²) in [5, 5.41) is 8.80. The quantitative estimate of drug-likeness (QED) is 0.721. The smallest absolute Gasteiger partial charge is 0.341 e. The summed E-state index contributed by atoms with van der Waals surface area (Å²) < 4.78 is 14.7. The van der Waals surface area contributed by atoms with E-state index in [1.165, 1.54) is 33.5 Å². The van der Waals surface area contributed by atoms with Gasteiger partial charge in [0.25, 0.3) is 0 Å². The van der Waals surface area contributed by atoms with E-state index < -0.39 is 5.97 Å². The summed E-state index contributed by atoms with van der Waals surface area (Å²) in [5.74, 6) is 0.00236. The van der Waals surface area contributed by atoms with Gasteiger partial charge in [0.1, 0.15) is 5.56 Å². The van der Waals surface area contributed by atoms with Crippen LogP contribution in [0.5, 0.6) is 11.5 Å². The summed E-state index contributed by atoms with van der Waals surface area (Å²) >= 11 is 0. The molecule has 0 heterocycles. The Kier molecular flexibility index (Phi) is 3.72. The molecule has 0 aliphatic rings. The van der Waals surface area contributed by atoms with Gasteiger partial charge in [0, 0.05) is 6.07 Å². The number of nitrogens with zero attached hydrogens (tertiary/aromatic N) is 1. The molecule has 0 aliphatic heterocycles. The Hall–Kier alpha value is -2.22. The van der Waals surface area contributed by atoms with Gasteiger partial charge in [-0.2, -0.15) is 5.26 Å². The summed E-state index contributed by atoms with van der Waals surface area (Å²) in [7, 11) is 4.10. The molecule has 0 aliphatic carbocycles. The van der Waals surface area contributed by atoms with Crippen LogP contribution in [0.15, 0.2) is 12.1 Å². The van der Waals surface area contributed by atoms with Crippen LogP contribution < -0.4 is 9.47 Å². The fourth-order valence-corrected chi connectivity index (χ4v) is 1.29. The second-order valence-corrected chi connectivity index (χ2v) is 2.86. The Labute approximate surface area is 93.2 Å². The van der Waals surface area contributed by atoms with Gasteiger partial charge in [-0.25, -0.2) is 4.79 Å². The van der Waals surface area contributed by atoms with Crippen molar-refractivity contribution in [1.29, 1.82) is 5.26 Å². The molecule has 0 spiro atoms. The Bertz CT molecular complexity index is 448. The van der Waals surface area contributed by atoms with Crippen molar-refractivity contribution in [2.45, 2.75) is 0 Å². The molecule has 0 radical (unpaired) electrons. The molecular formula is C11H11NO4. The second-order valence-electron chi connectivity index (χ2n) is 2.86. The number of esters is 1. The second kappa shape index (κ2) is 5.03. The lowest BCUT2D eigenvalue weighted by atomic mass is 10.1. The van der Waals surface area contributed by atoms with Gasteiger partial charge in [-0.05, 0) is 6.07 Å². The molecule has 0 fully saturated rings. The molecule has 1 aromatic carbocycles. The third kappa shape index (κ3) is 2.06. The van der Waals surface area contributed by atoms with E-state index in [1.807, 2.05) is 6.07 Å². The third-order valence-corrected chi connectivity index (χ3v) is 2.01. The Morgan fingerprint density at radius 1 is 1.25 bits per heavy atom. The van der Waals surface area contributed by atoms with Crippen molar-refractivity contribution in [3.8, 4) is 17.6 Å². The molecule has 5 nitrogen and oxygen atoms in total. The standard InChI is InChI=1S/C11H11NO4/c1-14-9-5-7(6-12)4-8(10(9)15-2)11(13)16-3/h4-5H,1-3H3. The van der Waals surface area contributed by atoms with E-state index in [0.717, 1.165) is 0 Å². The van der Waals surface area contributed by atoms with E-state index in [9.17, 15) is 4.79 Å². The van der Waals surface area contributed by atoms with Crippen molar-refractivity contribution in [3.63, 3.8) is 0 Å². The Morgan fingerprint density at radius 2 is 1.94 bits per heavy atom. The third-order valence-electron chi connectivity index (χ3n) is 2.01. The number of carbonyl (C=O) groups is 1. The first kappa shape index (κ1) is 11.9. The van der Waals surface area contributed by atoms with Crippen molar-refractivity contribution >= 4 is 5.97 Å². The van der Waals surface area contributed by atoms with Crippen LogP contribution in [0.3, 0.4) is 0 Å². The van der Waals surface area contributed by atoms with Gasteiger partial charge in [-0.15, -0.1) is 0 Å². The number of ether oxygens (including phenoxy) is 3. The van der Waals surface area contributed by atoms with Crippen LogP contribution in [0.25, 0.3) is 0 Å². The van der Waals surface area contributed by atoms with Gasteiger partial charge in [0.15, 0.2) is 11.5 Å². The van der Waals surface area contributed by atoms with E-state index in [2.05, 4.69) is 4.74 Å². The number of carbonyl (C=O) groups excluding carboxylic acids is 1. The van der Waals surface area contributed by atoms with Crippen molar-refractivity contribution in [2.24, 2.45) is 0 Å². The minimum Gasteiger partial charge on any atom is -0.493 e. The first-order valence-corrected chi connectivity index (χ1v) is 4.42. The normalized spacial score (nSPS) is 9.12. The zero-order valence-corrected chi connectivity index (χ0v) is 9.23. The lowest BCUT2D eigenvalue weighted by Crippen LogP contribution is -2.06. The van der Waals surface area contributed by atoms with Crippen LogP contribution in [0.1, 0.15) is 15.9 Å². The van der Waals surface area contributed by atoms with Crippen LogP contribution in [-0.4, -0.2) is 27.3 Å². The number of nitriles is 1. The molecule has 5 heteroatoms. The summed E-state index contributed by atoms with van der Waals surface area (Å²) in [5.41, 5.74) is 0.471. The van der Waals surface area contributed by atoms with Crippen LogP contribution in [-0.2, 0) is 4.74 Å². The molecule has 0 bridgehead atoms. The van der Waals surface area contributed by atoms with Gasteiger partial charge in [0.05, 0.1) is 33.0 Å². The first-order chi connectivity index (χ1) is 7.67. The van der Waals surface area contributed by atoms with Gasteiger partial charge < -0.3 is 14.2 Å². The van der Waals surface area contributed by atoms with Crippen molar-refractivity contribution in [2.75, 3.05) is 21.3 Å². The maximum absolute atomic E-state index is 11.5. The zero-order chi connectivity index (χ0) is 12.1. The summed E-state index contributed by atoms with van der Waals surface area (Å²) in [4.78, 5) is 11.5. The predicted octanol–water partition coefficient (Wildman–Crippen LogP) is 1.36. The maximum atomic E-state index is 11.5. The van der Waals surface area contributed by atoms with E-state index in [4.69, 9.17) is 14.7 Å². The maximum Gasteiger partial charge on any atom is 0.341 e. The fourth-order valence-electron chi connectivity index (χ4n) is 1.29. The molecule has 0 unspecified atom stereocenters. The monoisotopic (exact) mass is 221 g/mol. The van der Waals surface area contributed by atoms with Crippen molar-refractivity contribution in [3.05, 3.63) is 23.3 Å². The minimum atomic E-state index is -0.577. The molecule has 0 saturated carbocycles. The van der Waals surface area contributed by atoms with E-state index >= 15 is 0 Å². The van der Waals surface area contributed by atoms with Crippen molar-refractivity contribution in [1.82, 2.24) is 0 Å². The highest BCUT2D eigenvalue weighted by Crippen LogP contribution is 2.32. The largest absolute Gasteiger partial charge is 0.493 e. The number of benzene rings is 1. The molecule has 84 valence electrons. The molecule has 1 aromatic rings. The van der Waals surface area contributed by atoms with Crippen LogP contribution in [0.2, 0.25) is 0 Å². The van der Waals surface area contributed by atoms with Crippen LogP contribution >= 0.6 is 0 Å². The number of hydrogen-bond donors (Lipinski definition) is 0. The Balaban J connectivity index is 3.44. The number of methoxy groups -OCH3 is 3. The topological polar surface area (TPSA) is 68.6 Å². The fraction of sp³-hybridized carbons (Fsp3) is 0.273. The Morgan fingerprint density at radius 3 is 2.38 bits per heavy atom. The van der Waals surface area contributed by atoms with E-state index in [-0.39, 0.29) is 11.3 Å². The highest BCUT2D eigenvalue weighted by atomic mass is 16.5. The molecular weight excluding hydrogens is 210 g/mol. The lowest BCUT2D eigenvalue weighted by Gasteiger charge is -2.11. The highest BCUT2D eigenvalue weighted by molar-refractivity contribution is 5.94. The molecule has 0 aromatic heterocycles. The summed E-state index contributed by atoms with van der Waals surface area (Å²) in [6.07, 6.45) is 0. The predicted molar refractivity (Wildman–Crippen MR) is 55.6 cm³/mol. The van der Waals surface area contributed by atoms with E-state index in [0.29, 0.717) is 11.3 Å². The zero-order valence-electron chi connectivity index (χ0n) is 9.23. The lowest BCUT2D eigenvalue weighted by molar-refractivity contribution is 0.0596. The molecule has 1 rings (SSSR count).